The van der Waals surface area contributed by atoms with E-state index in [4.69, 9.17) is 4.74 Å². The number of hydrogen-bond acceptors (Lipinski definition) is 4. The number of morpholine rings is 1. The van der Waals surface area contributed by atoms with Crippen LogP contribution in [-0.4, -0.2) is 60.7 Å². The van der Waals surface area contributed by atoms with Crippen molar-refractivity contribution in [3.63, 3.8) is 0 Å². The van der Waals surface area contributed by atoms with Crippen LogP contribution < -0.4 is 0 Å². The van der Waals surface area contributed by atoms with E-state index in [1.54, 1.807) is 0 Å². The van der Waals surface area contributed by atoms with E-state index in [-0.39, 0.29) is 0 Å². The van der Waals surface area contributed by atoms with E-state index < -0.39 is 0 Å². The van der Waals surface area contributed by atoms with Crippen molar-refractivity contribution < 1.29 is 4.74 Å². The van der Waals surface area contributed by atoms with Gasteiger partial charge in [0.25, 0.3) is 0 Å². The quantitative estimate of drug-likeness (QED) is 0.796. The maximum atomic E-state index is 5.39. The summed E-state index contributed by atoms with van der Waals surface area (Å²) in [6, 6.07) is 6.17. The normalized spacial score (nSPS) is 20.0. The Morgan fingerprint density at radius 2 is 1.83 bits per heavy atom. The highest BCUT2D eigenvalue weighted by Crippen LogP contribution is 2.08. The summed E-state index contributed by atoms with van der Waals surface area (Å²) >= 11 is 0. The van der Waals surface area contributed by atoms with Crippen molar-refractivity contribution in [1.29, 1.82) is 0 Å². The molecule has 2 aliphatic heterocycles. The first-order valence-electron chi connectivity index (χ1n) is 8.87. The van der Waals surface area contributed by atoms with E-state index >= 15 is 0 Å². The van der Waals surface area contributed by atoms with Crippen molar-refractivity contribution in [2.24, 2.45) is 0 Å². The zero-order valence-electron chi connectivity index (χ0n) is 14.0. The Labute approximate surface area is 139 Å². The summed E-state index contributed by atoms with van der Waals surface area (Å²) in [4.78, 5) is 9.60. The second-order valence-electron chi connectivity index (χ2n) is 6.36. The van der Waals surface area contributed by atoms with Crippen molar-refractivity contribution in [3.8, 4) is 11.8 Å². The summed E-state index contributed by atoms with van der Waals surface area (Å²) in [5, 5.41) is 0. The largest absolute Gasteiger partial charge is 0.379 e. The Balaban J connectivity index is 1.48. The van der Waals surface area contributed by atoms with Crippen LogP contribution in [0.25, 0.3) is 0 Å². The van der Waals surface area contributed by atoms with Gasteiger partial charge >= 0.3 is 0 Å². The van der Waals surface area contributed by atoms with Crippen molar-refractivity contribution in [3.05, 3.63) is 29.6 Å². The molecule has 0 aromatic carbocycles. The van der Waals surface area contributed by atoms with Crippen molar-refractivity contribution in [1.82, 2.24) is 14.8 Å². The SMILES string of the molecule is C(#Cc1cccc(CN2CCOCC2)n1)CCN1CCCCC1. The van der Waals surface area contributed by atoms with Gasteiger partial charge in [0.15, 0.2) is 0 Å². The van der Waals surface area contributed by atoms with Gasteiger partial charge in [-0.3, -0.25) is 4.90 Å². The first-order chi connectivity index (χ1) is 11.4. The highest BCUT2D eigenvalue weighted by molar-refractivity contribution is 5.28. The Morgan fingerprint density at radius 1 is 1.00 bits per heavy atom. The fraction of sp³-hybridized carbons (Fsp3) is 0.632. The third kappa shape index (κ3) is 5.62. The van der Waals surface area contributed by atoms with Gasteiger partial charge in [-0.05, 0) is 44.0 Å². The highest BCUT2D eigenvalue weighted by atomic mass is 16.5. The first-order valence-corrected chi connectivity index (χ1v) is 8.87. The van der Waals surface area contributed by atoms with Gasteiger partial charge in [-0.2, -0.15) is 0 Å². The summed E-state index contributed by atoms with van der Waals surface area (Å²) in [5.74, 6) is 6.52. The molecule has 2 fully saturated rings. The summed E-state index contributed by atoms with van der Waals surface area (Å²) in [5.41, 5.74) is 2.00. The van der Waals surface area contributed by atoms with Crippen LogP contribution in [0, 0.1) is 11.8 Å². The smallest absolute Gasteiger partial charge is 0.113 e. The lowest BCUT2D eigenvalue weighted by Crippen LogP contribution is -2.35. The fourth-order valence-corrected chi connectivity index (χ4v) is 3.18. The highest BCUT2D eigenvalue weighted by Gasteiger charge is 2.11. The molecule has 2 saturated heterocycles. The van der Waals surface area contributed by atoms with Crippen LogP contribution in [0.15, 0.2) is 18.2 Å². The minimum atomic E-state index is 0.829. The Morgan fingerprint density at radius 3 is 2.65 bits per heavy atom. The summed E-state index contributed by atoms with van der Waals surface area (Å²) in [6.45, 7) is 8.13. The van der Waals surface area contributed by atoms with Gasteiger partial charge in [0.05, 0.1) is 18.9 Å². The predicted octanol–water partition coefficient (Wildman–Crippen LogP) is 2.14. The van der Waals surface area contributed by atoms with Crippen molar-refractivity contribution in [2.45, 2.75) is 32.2 Å². The number of rotatable bonds is 4. The van der Waals surface area contributed by atoms with E-state index in [1.807, 2.05) is 6.07 Å². The molecule has 0 saturated carbocycles. The molecule has 23 heavy (non-hydrogen) atoms. The fourth-order valence-electron chi connectivity index (χ4n) is 3.18. The second kappa shape index (κ2) is 9.02. The first kappa shape index (κ1) is 16.4. The zero-order valence-corrected chi connectivity index (χ0v) is 14.0. The molecule has 3 rings (SSSR count). The number of pyridine rings is 1. The van der Waals surface area contributed by atoms with Gasteiger partial charge in [-0.25, -0.2) is 4.98 Å². The average molecular weight is 313 g/mol. The Bertz CT molecular complexity index is 537. The van der Waals surface area contributed by atoms with Gasteiger partial charge in [0, 0.05) is 32.6 Å². The summed E-state index contributed by atoms with van der Waals surface area (Å²) in [6.07, 6.45) is 5.02. The summed E-state index contributed by atoms with van der Waals surface area (Å²) in [7, 11) is 0. The molecule has 0 bridgehead atoms. The molecule has 0 aliphatic carbocycles. The standard InChI is InChI=1S/C19H27N3O/c1-3-10-21(11-4-1)12-5-2-7-18-8-6-9-19(20-18)17-22-13-15-23-16-14-22/h6,8-9H,1,3-5,10-17H2. The molecule has 0 amide bonds. The van der Waals surface area contributed by atoms with Gasteiger partial charge in [-0.15, -0.1) is 0 Å². The molecule has 0 unspecified atom stereocenters. The molecule has 1 aromatic heterocycles. The third-order valence-electron chi connectivity index (χ3n) is 4.51. The minimum absolute atomic E-state index is 0.829. The molecule has 0 N–H and O–H groups in total. The number of piperidine rings is 1. The van der Waals surface area contributed by atoms with E-state index in [0.29, 0.717) is 0 Å². The number of aromatic nitrogens is 1. The Hall–Kier alpha value is -1.41. The van der Waals surface area contributed by atoms with Crippen LogP contribution in [0.2, 0.25) is 0 Å². The molecule has 1 aromatic rings. The number of nitrogens with zero attached hydrogens (tertiary/aromatic N) is 3. The zero-order chi connectivity index (χ0) is 15.7. The van der Waals surface area contributed by atoms with Crippen LogP contribution in [0.1, 0.15) is 37.1 Å². The minimum Gasteiger partial charge on any atom is -0.379 e. The third-order valence-corrected chi connectivity index (χ3v) is 4.51. The maximum Gasteiger partial charge on any atom is 0.113 e. The number of likely N-dealkylation sites (tertiary alicyclic amines) is 1. The second-order valence-corrected chi connectivity index (χ2v) is 6.36. The molecule has 0 radical (unpaired) electrons. The lowest BCUT2D eigenvalue weighted by atomic mass is 10.1. The molecule has 2 aliphatic rings. The van der Waals surface area contributed by atoms with E-state index in [2.05, 4.69) is 38.8 Å². The van der Waals surface area contributed by atoms with E-state index in [0.717, 1.165) is 57.2 Å². The molecule has 124 valence electrons. The van der Waals surface area contributed by atoms with Crippen LogP contribution >= 0.6 is 0 Å². The van der Waals surface area contributed by atoms with Gasteiger partial charge < -0.3 is 9.64 Å². The molecular weight excluding hydrogens is 286 g/mol. The molecule has 0 atom stereocenters. The maximum absolute atomic E-state index is 5.39. The van der Waals surface area contributed by atoms with E-state index in [9.17, 15) is 0 Å². The monoisotopic (exact) mass is 313 g/mol. The average Bonchev–Trinajstić information content (AvgIpc) is 2.61. The molecule has 3 heterocycles. The van der Waals surface area contributed by atoms with Crippen LogP contribution in [0.4, 0.5) is 0 Å². The number of hydrogen-bond donors (Lipinski definition) is 0. The van der Waals surface area contributed by atoms with Crippen LogP contribution in [0.5, 0.6) is 0 Å². The van der Waals surface area contributed by atoms with E-state index in [1.165, 1.54) is 32.4 Å². The van der Waals surface area contributed by atoms with Crippen LogP contribution in [0.3, 0.4) is 0 Å². The van der Waals surface area contributed by atoms with Crippen LogP contribution in [-0.2, 0) is 11.3 Å². The molecule has 4 nitrogen and oxygen atoms in total. The molecular formula is C19H27N3O. The van der Waals surface area contributed by atoms with Gasteiger partial charge in [-0.1, -0.05) is 18.4 Å². The lowest BCUT2D eigenvalue weighted by Gasteiger charge is -2.26. The van der Waals surface area contributed by atoms with Gasteiger partial charge in [0.2, 0.25) is 0 Å². The lowest BCUT2D eigenvalue weighted by molar-refractivity contribution is 0.0336. The Kier molecular flexibility index (Phi) is 6.45. The predicted molar refractivity (Wildman–Crippen MR) is 92.1 cm³/mol. The van der Waals surface area contributed by atoms with Gasteiger partial charge in [0.1, 0.15) is 5.69 Å². The van der Waals surface area contributed by atoms with Crippen molar-refractivity contribution >= 4 is 0 Å². The molecule has 0 spiro atoms. The summed E-state index contributed by atoms with van der Waals surface area (Å²) < 4.78 is 5.39. The molecule has 4 heteroatoms. The van der Waals surface area contributed by atoms with Crippen molar-refractivity contribution in [2.75, 3.05) is 45.9 Å². The number of ether oxygens (including phenoxy) is 1. The topological polar surface area (TPSA) is 28.6 Å².